The third-order valence-electron chi connectivity index (χ3n) is 3.02. The van der Waals surface area contributed by atoms with E-state index in [1.54, 1.807) is 19.2 Å². The molecule has 0 spiro atoms. The van der Waals surface area contributed by atoms with Crippen molar-refractivity contribution in [2.45, 2.75) is 0 Å². The number of aromatic nitrogens is 3. The number of benzene rings is 2. The van der Waals surface area contributed by atoms with Gasteiger partial charge in [0.2, 0.25) is 5.95 Å². The standard InChI is InChI=1S/C16H14FN5O/c1-23-14-8-6-12(7-9-14)19-15-10-18-22-16(21-15)20-13-4-2-11(17)3-5-13/h2-10H,1H3,(H2,19,20,21,22). The van der Waals surface area contributed by atoms with Crippen LogP contribution in [0.2, 0.25) is 0 Å². The Labute approximate surface area is 132 Å². The number of nitrogens with one attached hydrogen (secondary N) is 2. The van der Waals surface area contributed by atoms with E-state index in [0.717, 1.165) is 11.4 Å². The summed E-state index contributed by atoms with van der Waals surface area (Å²) in [5.74, 6) is 1.32. The molecule has 3 rings (SSSR count). The first-order valence-electron chi connectivity index (χ1n) is 6.86. The van der Waals surface area contributed by atoms with E-state index in [4.69, 9.17) is 4.74 Å². The zero-order valence-electron chi connectivity index (χ0n) is 12.3. The van der Waals surface area contributed by atoms with Crippen molar-refractivity contribution in [3.63, 3.8) is 0 Å². The summed E-state index contributed by atoms with van der Waals surface area (Å²) in [6, 6.07) is 13.3. The minimum absolute atomic E-state index is 0.301. The van der Waals surface area contributed by atoms with Crippen LogP contribution in [0.15, 0.2) is 54.7 Å². The molecule has 23 heavy (non-hydrogen) atoms. The van der Waals surface area contributed by atoms with Crippen LogP contribution in [0.25, 0.3) is 0 Å². The lowest BCUT2D eigenvalue weighted by molar-refractivity contribution is 0.415. The van der Waals surface area contributed by atoms with Crippen LogP contribution in [-0.2, 0) is 0 Å². The van der Waals surface area contributed by atoms with Crippen molar-refractivity contribution >= 4 is 23.1 Å². The fourth-order valence-electron chi connectivity index (χ4n) is 1.90. The van der Waals surface area contributed by atoms with Crippen molar-refractivity contribution in [3.8, 4) is 5.75 Å². The number of ether oxygens (including phenoxy) is 1. The lowest BCUT2D eigenvalue weighted by Gasteiger charge is -2.08. The lowest BCUT2D eigenvalue weighted by atomic mass is 10.3. The second kappa shape index (κ2) is 6.69. The van der Waals surface area contributed by atoms with E-state index in [1.807, 2.05) is 24.3 Å². The molecule has 0 fully saturated rings. The molecular weight excluding hydrogens is 297 g/mol. The third kappa shape index (κ3) is 3.91. The van der Waals surface area contributed by atoms with Gasteiger partial charge in [-0.1, -0.05) is 0 Å². The van der Waals surface area contributed by atoms with Gasteiger partial charge >= 0.3 is 0 Å². The van der Waals surface area contributed by atoms with Crippen molar-refractivity contribution in [1.82, 2.24) is 15.2 Å². The molecule has 3 aromatic rings. The van der Waals surface area contributed by atoms with Crippen molar-refractivity contribution in [2.75, 3.05) is 17.7 Å². The van der Waals surface area contributed by atoms with Gasteiger partial charge in [-0.2, -0.15) is 10.1 Å². The number of hydrogen-bond acceptors (Lipinski definition) is 6. The molecule has 0 atom stereocenters. The van der Waals surface area contributed by atoms with E-state index in [9.17, 15) is 4.39 Å². The molecule has 7 heteroatoms. The molecule has 2 N–H and O–H groups in total. The highest BCUT2D eigenvalue weighted by Gasteiger charge is 2.03. The van der Waals surface area contributed by atoms with Gasteiger partial charge < -0.3 is 15.4 Å². The second-order valence-corrected chi connectivity index (χ2v) is 4.65. The third-order valence-corrected chi connectivity index (χ3v) is 3.02. The summed E-state index contributed by atoms with van der Waals surface area (Å²) in [7, 11) is 1.62. The predicted molar refractivity (Wildman–Crippen MR) is 85.8 cm³/mol. The van der Waals surface area contributed by atoms with Crippen LogP contribution < -0.4 is 15.4 Å². The van der Waals surface area contributed by atoms with Crippen LogP contribution in [0.1, 0.15) is 0 Å². The van der Waals surface area contributed by atoms with Gasteiger partial charge in [0.15, 0.2) is 5.82 Å². The van der Waals surface area contributed by atoms with Gasteiger partial charge in [0, 0.05) is 11.4 Å². The number of anilines is 4. The first-order valence-corrected chi connectivity index (χ1v) is 6.86. The van der Waals surface area contributed by atoms with Crippen LogP contribution in [0.3, 0.4) is 0 Å². The molecule has 0 unspecified atom stereocenters. The van der Waals surface area contributed by atoms with E-state index in [-0.39, 0.29) is 5.82 Å². The Hall–Kier alpha value is -3.22. The molecule has 116 valence electrons. The summed E-state index contributed by atoms with van der Waals surface area (Å²) in [5.41, 5.74) is 1.52. The van der Waals surface area contributed by atoms with Gasteiger partial charge in [0.1, 0.15) is 11.6 Å². The summed E-state index contributed by atoms with van der Waals surface area (Å²) in [5, 5.41) is 13.9. The van der Waals surface area contributed by atoms with E-state index >= 15 is 0 Å². The molecule has 0 aliphatic heterocycles. The van der Waals surface area contributed by atoms with Gasteiger partial charge in [0.25, 0.3) is 0 Å². The number of methoxy groups -OCH3 is 1. The normalized spacial score (nSPS) is 10.2. The number of hydrogen-bond donors (Lipinski definition) is 2. The molecule has 0 amide bonds. The Balaban J connectivity index is 1.72. The Kier molecular flexibility index (Phi) is 4.28. The van der Waals surface area contributed by atoms with Crippen LogP contribution in [0.5, 0.6) is 5.75 Å². The molecule has 0 saturated carbocycles. The fraction of sp³-hybridized carbons (Fsp3) is 0.0625. The maximum atomic E-state index is 12.9. The molecule has 2 aromatic carbocycles. The van der Waals surface area contributed by atoms with Crippen molar-refractivity contribution in [2.24, 2.45) is 0 Å². The van der Waals surface area contributed by atoms with E-state index in [0.29, 0.717) is 17.5 Å². The Morgan fingerprint density at radius 3 is 2.26 bits per heavy atom. The second-order valence-electron chi connectivity index (χ2n) is 4.65. The first kappa shape index (κ1) is 14.7. The van der Waals surface area contributed by atoms with Gasteiger partial charge in [-0.3, -0.25) is 0 Å². The molecule has 0 radical (unpaired) electrons. The van der Waals surface area contributed by atoms with Gasteiger partial charge in [-0.15, -0.1) is 5.10 Å². The Morgan fingerprint density at radius 1 is 0.913 bits per heavy atom. The summed E-state index contributed by atoms with van der Waals surface area (Å²) >= 11 is 0. The largest absolute Gasteiger partial charge is 0.497 e. The minimum atomic E-state index is -0.301. The van der Waals surface area contributed by atoms with E-state index < -0.39 is 0 Å². The highest BCUT2D eigenvalue weighted by atomic mass is 19.1. The maximum Gasteiger partial charge on any atom is 0.249 e. The number of nitrogens with zero attached hydrogens (tertiary/aromatic N) is 3. The topological polar surface area (TPSA) is 72.0 Å². The summed E-state index contributed by atoms with van der Waals surface area (Å²) < 4.78 is 18.0. The van der Waals surface area contributed by atoms with Gasteiger partial charge in [0.05, 0.1) is 13.3 Å². The van der Waals surface area contributed by atoms with Crippen molar-refractivity contribution in [1.29, 1.82) is 0 Å². The zero-order chi connectivity index (χ0) is 16.1. The molecule has 0 aliphatic carbocycles. The van der Waals surface area contributed by atoms with Crippen LogP contribution in [0.4, 0.5) is 27.5 Å². The predicted octanol–water partition coefficient (Wildman–Crippen LogP) is 3.51. The highest BCUT2D eigenvalue weighted by Crippen LogP contribution is 2.19. The van der Waals surface area contributed by atoms with E-state index in [2.05, 4.69) is 25.8 Å². The lowest BCUT2D eigenvalue weighted by Crippen LogP contribution is -2.02. The smallest absolute Gasteiger partial charge is 0.249 e. The maximum absolute atomic E-state index is 12.9. The highest BCUT2D eigenvalue weighted by molar-refractivity contribution is 5.59. The van der Waals surface area contributed by atoms with Crippen molar-refractivity contribution in [3.05, 3.63) is 60.5 Å². The fourth-order valence-corrected chi connectivity index (χ4v) is 1.90. The zero-order valence-corrected chi connectivity index (χ0v) is 12.3. The van der Waals surface area contributed by atoms with Crippen molar-refractivity contribution < 1.29 is 9.13 Å². The minimum Gasteiger partial charge on any atom is -0.497 e. The van der Waals surface area contributed by atoms with Crippen LogP contribution >= 0.6 is 0 Å². The van der Waals surface area contributed by atoms with Gasteiger partial charge in [-0.25, -0.2) is 4.39 Å². The van der Waals surface area contributed by atoms with Crippen LogP contribution in [-0.4, -0.2) is 22.3 Å². The number of halogens is 1. The monoisotopic (exact) mass is 311 g/mol. The number of rotatable bonds is 5. The average molecular weight is 311 g/mol. The Morgan fingerprint density at radius 2 is 1.57 bits per heavy atom. The summed E-state index contributed by atoms with van der Waals surface area (Å²) in [4.78, 5) is 4.31. The molecule has 1 aromatic heterocycles. The molecular formula is C16H14FN5O. The van der Waals surface area contributed by atoms with E-state index in [1.165, 1.54) is 18.3 Å². The molecule has 0 aliphatic rings. The van der Waals surface area contributed by atoms with Crippen LogP contribution in [0, 0.1) is 5.82 Å². The SMILES string of the molecule is COc1ccc(Nc2cnnc(Nc3ccc(F)cc3)n2)cc1. The average Bonchev–Trinajstić information content (AvgIpc) is 2.58. The summed E-state index contributed by atoms with van der Waals surface area (Å²) in [6.07, 6.45) is 1.51. The Bertz CT molecular complexity index is 777. The quantitative estimate of drug-likeness (QED) is 0.751. The molecule has 1 heterocycles. The first-order chi connectivity index (χ1) is 11.2. The van der Waals surface area contributed by atoms with Gasteiger partial charge in [-0.05, 0) is 48.5 Å². The summed E-state index contributed by atoms with van der Waals surface area (Å²) in [6.45, 7) is 0. The molecule has 0 bridgehead atoms. The molecule has 6 nitrogen and oxygen atoms in total. The molecule has 0 saturated heterocycles.